The summed E-state index contributed by atoms with van der Waals surface area (Å²) >= 11 is 0. The van der Waals surface area contributed by atoms with Gasteiger partial charge in [0.05, 0.1) is 16.7 Å². The molecular weight excluding hydrogens is 272 g/mol. The van der Waals surface area contributed by atoms with E-state index in [1.165, 1.54) is 0 Å². The summed E-state index contributed by atoms with van der Waals surface area (Å²) in [5.74, 6) is 0.914. The van der Waals surface area contributed by atoms with Crippen molar-refractivity contribution in [2.75, 3.05) is 5.32 Å². The van der Waals surface area contributed by atoms with Crippen LogP contribution in [0.3, 0.4) is 0 Å². The smallest absolute Gasteiger partial charge is 0.148 e. The Hall–Kier alpha value is -1.68. The zero-order valence-electron chi connectivity index (χ0n) is 14.2. The van der Waals surface area contributed by atoms with Crippen LogP contribution >= 0.6 is 0 Å². The van der Waals surface area contributed by atoms with Crippen molar-refractivity contribution in [3.8, 4) is 0 Å². The topological polar surface area (TPSA) is 49.8 Å². The van der Waals surface area contributed by atoms with Crippen molar-refractivity contribution < 1.29 is 0 Å². The number of benzene rings is 1. The molecule has 1 aromatic heterocycles. The van der Waals surface area contributed by atoms with E-state index in [0.29, 0.717) is 6.04 Å². The van der Waals surface area contributed by atoms with Crippen molar-refractivity contribution >= 4 is 16.9 Å². The average molecular weight is 298 g/mol. The molecule has 0 bridgehead atoms. The highest BCUT2D eigenvalue weighted by Crippen LogP contribution is 2.30. The van der Waals surface area contributed by atoms with Gasteiger partial charge >= 0.3 is 0 Å². The van der Waals surface area contributed by atoms with Gasteiger partial charge in [-0.1, -0.05) is 12.1 Å². The maximum absolute atomic E-state index is 4.77. The summed E-state index contributed by atoms with van der Waals surface area (Å²) in [6.07, 6.45) is 2.15. The van der Waals surface area contributed by atoms with Gasteiger partial charge in [-0.15, -0.1) is 0 Å². The van der Waals surface area contributed by atoms with Gasteiger partial charge in [-0.2, -0.15) is 0 Å². The van der Waals surface area contributed by atoms with Crippen molar-refractivity contribution in [1.82, 2.24) is 15.3 Å². The SMILES string of the molecule is Cc1nc2ccccc2nc1NC1CC(C)(C)NC(C)(C)C1. The highest BCUT2D eigenvalue weighted by Gasteiger charge is 2.37. The van der Waals surface area contributed by atoms with Crippen molar-refractivity contribution in [2.45, 2.75) is 64.6 Å². The summed E-state index contributed by atoms with van der Waals surface area (Å²) in [6.45, 7) is 11.1. The van der Waals surface area contributed by atoms with Gasteiger partial charge in [0.2, 0.25) is 0 Å². The minimum absolute atomic E-state index is 0.123. The molecule has 1 aliphatic heterocycles. The number of fused-ring (bicyclic) bond motifs is 1. The molecule has 0 amide bonds. The molecule has 2 aromatic rings. The van der Waals surface area contributed by atoms with Crippen LogP contribution < -0.4 is 10.6 Å². The first-order chi connectivity index (χ1) is 10.2. The lowest BCUT2D eigenvalue weighted by atomic mass is 9.79. The van der Waals surface area contributed by atoms with Gasteiger partial charge in [-0.25, -0.2) is 9.97 Å². The monoisotopic (exact) mass is 298 g/mol. The standard InChI is InChI=1S/C18H26N4/c1-12-16(21-15-9-7-6-8-14(15)19-12)20-13-10-17(2,3)22-18(4,5)11-13/h6-9,13,22H,10-11H2,1-5H3,(H,20,21). The molecule has 0 spiro atoms. The molecule has 1 aliphatic rings. The van der Waals surface area contributed by atoms with Gasteiger partial charge < -0.3 is 10.6 Å². The van der Waals surface area contributed by atoms with E-state index in [9.17, 15) is 0 Å². The molecule has 0 unspecified atom stereocenters. The van der Waals surface area contributed by atoms with Gasteiger partial charge in [-0.05, 0) is 59.6 Å². The predicted molar refractivity (Wildman–Crippen MR) is 92.2 cm³/mol. The number of nitrogens with one attached hydrogen (secondary N) is 2. The third-order valence-corrected chi connectivity index (χ3v) is 4.28. The molecule has 22 heavy (non-hydrogen) atoms. The van der Waals surface area contributed by atoms with E-state index in [-0.39, 0.29) is 11.1 Å². The van der Waals surface area contributed by atoms with E-state index in [1.807, 2.05) is 31.2 Å². The second-order valence-electron chi connectivity index (χ2n) is 7.79. The fraction of sp³-hybridized carbons (Fsp3) is 0.556. The fourth-order valence-electron chi connectivity index (χ4n) is 3.84. The molecule has 4 nitrogen and oxygen atoms in total. The van der Waals surface area contributed by atoms with Crippen LogP contribution in [0, 0.1) is 6.92 Å². The van der Waals surface area contributed by atoms with E-state index in [0.717, 1.165) is 35.4 Å². The number of rotatable bonds is 2. The number of piperidine rings is 1. The van der Waals surface area contributed by atoms with E-state index in [4.69, 9.17) is 4.98 Å². The molecule has 1 aromatic carbocycles. The molecule has 118 valence electrons. The number of nitrogens with zero attached hydrogens (tertiary/aromatic N) is 2. The second kappa shape index (κ2) is 5.20. The van der Waals surface area contributed by atoms with Crippen LogP contribution in [0.1, 0.15) is 46.2 Å². The van der Waals surface area contributed by atoms with Crippen molar-refractivity contribution in [1.29, 1.82) is 0 Å². The van der Waals surface area contributed by atoms with Crippen LogP contribution in [0.25, 0.3) is 11.0 Å². The van der Waals surface area contributed by atoms with Crippen molar-refractivity contribution in [3.63, 3.8) is 0 Å². The quantitative estimate of drug-likeness (QED) is 0.888. The van der Waals surface area contributed by atoms with Crippen LogP contribution in [-0.2, 0) is 0 Å². The average Bonchev–Trinajstić information content (AvgIpc) is 2.36. The zero-order valence-corrected chi connectivity index (χ0v) is 14.2. The fourth-order valence-corrected chi connectivity index (χ4v) is 3.84. The highest BCUT2D eigenvalue weighted by molar-refractivity contribution is 5.76. The van der Waals surface area contributed by atoms with Crippen molar-refractivity contribution in [2.24, 2.45) is 0 Å². The third-order valence-electron chi connectivity index (χ3n) is 4.28. The Morgan fingerprint density at radius 2 is 1.55 bits per heavy atom. The van der Waals surface area contributed by atoms with Crippen LogP contribution in [-0.4, -0.2) is 27.1 Å². The van der Waals surface area contributed by atoms with Crippen molar-refractivity contribution in [3.05, 3.63) is 30.0 Å². The maximum Gasteiger partial charge on any atom is 0.148 e. The lowest BCUT2D eigenvalue weighted by Gasteiger charge is -2.46. The molecule has 0 radical (unpaired) electrons. The first-order valence-electron chi connectivity index (χ1n) is 8.03. The van der Waals surface area contributed by atoms with Gasteiger partial charge in [0.25, 0.3) is 0 Å². The Morgan fingerprint density at radius 1 is 1.00 bits per heavy atom. The molecule has 4 heteroatoms. The number of anilines is 1. The van der Waals surface area contributed by atoms with Gasteiger partial charge in [-0.3, -0.25) is 0 Å². The minimum atomic E-state index is 0.123. The summed E-state index contributed by atoms with van der Waals surface area (Å²) in [5, 5.41) is 7.35. The summed E-state index contributed by atoms with van der Waals surface area (Å²) in [5.41, 5.74) is 3.11. The van der Waals surface area contributed by atoms with Crippen LogP contribution in [0.15, 0.2) is 24.3 Å². The largest absolute Gasteiger partial charge is 0.366 e. The van der Waals surface area contributed by atoms with E-state index >= 15 is 0 Å². The zero-order chi connectivity index (χ0) is 16.0. The Morgan fingerprint density at radius 3 is 2.14 bits per heavy atom. The number of hydrogen-bond acceptors (Lipinski definition) is 4. The molecule has 0 aliphatic carbocycles. The maximum atomic E-state index is 4.77. The normalized spacial score (nSPS) is 21.0. The Bertz CT molecular complexity index is 675. The van der Waals surface area contributed by atoms with Gasteiger partial charge in [0.1, 0.15) is 5.82 Å². The Kier molecular flexibility index (Phi) is 3.60. The lowest BCUT2D eigenvalue weighted by Crippen LogP contribution is -2.60. The van der Waals surface area contributed by atoms with Gasteiger partial charge in [0, 0.05) is 17.1 Å². The van der Waals surface area contributed by atoms with Crippen LogP contribution in [0.5, 0.6) is 0 Å². The summed E-state index contributed by atoms with van der Waals surface area (Å²) in [7, 11) is 0. The molecule has 2 heterocycles. The number of hydrogen-bond donors (Lipinski definition) is 2. The minimum Gasteiger partial charge on any atom is -0.366 e. The summed E-state index contributed by atoms with van der Waals surface area (Å²) in [6, 6.07) is 8.44. The van der Waals surface area contributed by atoms with Gasteiger partial charge in [0.15, 0.2) is 0 Å². The molecule has 1 saturated heterocycles. The molecule has 3 rings (SSSR count). The van der Waals surface area contributed by atoms with Crippen LogP contribution in [0.2, 0.25) is 0 Å². The van der Waals surface area contributed by atoms with Crippen LogP contribution in [0.4, 0.5) is 5.82 Å². The second-order valence-corrected chi connectivity index (χ2v) is 7.79. The number of aromatic nitrogens is 2. The number of aryl methyl sites for hydroxylation is 1. The third kappa shape index (κ3) is 3.22. The first kappa shape index (κ1) is 15.2. The Balaban J connectivity index is 1.88. The molecule has 1 fully saturated rings. The molecule has 0 atom stereocenters. The molecule has 0 saturated carbocycles. The van der Waals surface area contributed by atoms with E-state index in [1.54, 1.807) is 0 Å². The lowest BCUT2D eigenvalue weighted by molar-refractivity contribution is 0.170. The molecular formula is C18H26N4. The first-order valence-corrected chi connectivity index (χ1v) is 8.03. The summed E-state index contributed by atoms with van der Waals surface area (Å²) < 4.78 is 0. The van der Waals surface area contributed by atoms with E-state index < -0.39 is 0 Å². The predicted octanol–water partition coefficient (Wildman–Crippen LogP) is 3.66. The Labute approximate surface area is 132 Å². The summed E-state index contributed by atoms with van der Waals surface area (Å²) in [4.78, 5) is 9.44. The molecule has 2 N–H and O–H groups in total. The van der Waals surface area contributed by atoms with E-state index in [2.05, 4.69) is 43.3 Å². The number of para-hydroxylation sites is 2. The highest BCUT2D eigenvalue weighted by atomic mass is 15.1.